The Hall–Kier alpha value is -4.53. The summed E-state index contributed by atoms with van der Waals surface area (Å²) in [5, 5.41) is 14.1. The van der Waals surface area contributed by atoms with Crippen LogP contribution in [0.25, 0.3) is 16.9 Å². The predicted octanol–water partition coefficient (Wildman–Crippen LogP) is 4.08. The lowest BCUT2D eigenvalue weighted by Gasteiger charge is -2.12. The van der Waals surface area contributed by atoms with Gasteiger partial charge in [0.15, 0.2) is 17.5 Å². The molecule has 0 aliphatic heterocycles. The third kappa shape index (κ3) is 3.60. The van der Waals surface area contributed by atoms with Gasteiger partial charge in [0.05, 0.1) is 6.20 Å². The van der Waals surface area contributed by atoms with Crippen molar-refractivity contribution in [2.24, 2.45) is 0 Å². The number of hydrogen-bond acceptors (Lipinski definition) is 7. The minimum absolute atomic E-state index is 0.291. The zero-order valence-corrected chi connectivity index (χ0v) is 16.5. The van der Waals surface area contributed by atoms with E-state index in [-0.39, 0.29) is 5.91 Å². The first kappa shape index (κ1) is 18.5. The molecule has 1 amide bonds. The maximum atomic E-state index is 12.5. The molecule has 0 bridgehead atoms. The molecule has 5 aromatic rings. The standard InChI is InChI=1S/C22H17N7O2/c1-14-7-8-16(22(30)27-19-9-10-31-28-19)11-17(14)26-20-18-12-23-21(29(18)25-13-24-20)15-5-3-2-4-6-15/h2-13H,1H3,(H,24,25,26)(H,27,28,30). The number of carbonyl (C=O) groups excluding carboxylic acids is 1. The minimum atomic E-state index is -0.291. The number of anilines is 3. The van der Waals surface area contributed by atoms with E-state index in [9.17, 15) is 4.79 Å². The van der Waals surface area contributed by atoms with Gasteiger partial charge >= 0.3 is 0 Å². The molecule has 0 aliphatic rings. The van der Waals surface area contributed by atoms with Crippen LogP contribution in [-0.2, 0) is 0 Å². The van der Waals surface area contributed by atoms with Crippen LogP contribution in [0.15, 0.2) is 77.9 Å². The van der Waals surface area contributed by atoms with Crippen LogP contribution in [0.5, 0.6) is 0 Å². The molecule has 3 aromatic heterocycles. The molecule has 5 rings (SSSR count). The highest BCUT2D eigenvalue weighted by molar-refractivity contribution is 6.04. The molecule has 9 nitrogen and oxygen atoms in total. The summed E-state index contributed by atoms with van der Waals surface area (Å²) in [6.07, 6.45) is 4.59. The van der Waals surface area contributed by atoms with E-state index in [2.05, 4.69) is 30.9 Å². The number of nitrogens with one attached hydrogen (secondary N) is 2. The maximum absolute atomic E-state index is 12.5. The van der Waals surface area contributed by atoms with E-state index in [1.807, 2.05) is 43.3 Å². The molecule has 0 spiro atoms. The summed E-state index contributed by atoms with van der Waals surface area (Å²) in [7, 11) is 0. The van der Waals surface area contributed by atoms with Crippen molar-refractivity contribution in [1.82, 2.24) is 24.7 Å². The molecule has 0 fully saturated rings. The second kappa shape index (κ2) is 7.71. The zero-order chi connectivity index (χ0) is 21.2. The summed E-state index contributed by atoms with van der Waals surface area (Å²) in [5.74, 6) is 1.37. The zero-order valence-electron chi connectivity index (χ0n) is 16.5. The summed E-state index contributed by atoms with van der Waals surface area (Å²) in [6, 6.07) is 16.8. The number of benzene rings is 2. The van der Waals surface area contributed by atoms with Crippen molar-refractivity contribution >= 4 is 28.7 Å². The lowest BCUT2D eigenvalue weighted by atomic mass is 10.1. The first-order chi connectivity index (χ1) is 15.2. The summed E-state index contributed by atoms with van der Waals surface area (Å²) < 4.78 is 6.49. The molecule has 152 valence electrons. The van der Waals surface area contributed by atoms with Gasteiger partial charge in [-0.25, -0.2) is 14.5 Å². The highest BCUT2D eigenvalue weighted by atomic mass is 16.5. The highest BCUT2D eigenvalue weighted by Crippen LogP contribution is 2.26. The second-order valence-corrected chi connectivity index (χ2v) is 6.85. The number of rotatable bonds is 5. The van der Waals surface area contributed by atoms with Crippen molar-refractivity contribution in [3.63, 3.8) is 0 Å². The average Bonchev–Trinajstić information content (AvgIpc) is 3.46. The van der Waals surface area contributed by atoms with Crippen LogP contribution in [0.4, 0.5) is 17.3 Å². The number of carbonyl (C=O) groups is 1. The lowest BCUT2D eigenvalue weighted by molar-refractivity contribution is 0.102. The van der Waals surface area contributed by atoms with Crippen molar-refractivity contribution < 1.29 is 9.32 Å². The van der Waals surface area contributed by atoms with Gasteiger partial charge in [-0.1, -0.05) is 41.6 Å². The van der Waals surface area contributed by atoms with Crippen LogP contribution in [0.1, 0.15) is 15.9 Å². The van der Waals surface area contributed by atoms with Gasteiger partial charge < -0.3 is 15.2 Å². The van der Waals surface area contributed by atoms with Crippen LogP contribution < -0.4 is 10.6 Å². The van der Waals surface area contributed by atoms with Crippen LogP contribution in [0.2, 0.25) is 0 Å². The summed E-state index contributed by atoms with van der Waals surface area (Å²) >= 11 is 0. The van der Waals surface area contributed by atoms with Crippen LogP contribution in [-0.4, -0.2) is 30.6 Å². The monoisotopic (exact) mass is 411 g/mol. The topological polar surface area (TPSA) is 110 Å². The third-order valence-corrected chi connectivity index (χ3v) is 4.80. The Morgan fingerprint density at radius 2 is 1.94 bits per heavy atom. The smallest absolute Gasteiger partial charge is 0.256 e. The molecule has 0 unspecified atom stereocenters. The largest absolute Gasteiger partial charge is 0.363 e. The number of imidazole rings is 1. The number of nitrogens with zero attached hydrogens (tertiary/aromatic N) is 5. The second-order valence-electron chi connectivity index (χ2n) is 6.85. The van der Waals surface area contributed by atoms with E-state index in [1.54, 1.807) is 28.9 Å². The fourth-order valence-electron chi connectivity index (χ4n) is 3.20. The van der Waals surface area contributed by atoms with Gasteiger partial charge in [0, 0.05) is 22.9 Å². The molecule has 0 saturated carbocycles. The fourth-order valence-corrected chi connectivity index (χ4v) is 3.20. The van der Waals surface area contributed by atoms with Gasteiger partial charge in [-0.15, -0.1) is 0 Å². The molecule has 0 radical (unpaired) electrons. The molecule has 0 atom stereocenters. The van der Waals surface area contributed by atoms with Crippen LogP contribution >= 0.6 is 0 Å². The quantitative estimate of drug-likeness (QED) is 0.448. The van der Waals surface area contributed by atoms with E-state index < -0.39 is 0 Å². The Kier molecular flexibility index (Phi) is 4.60. The van der Waals surface area contributed by atoms with Gasteiger partial charge in [-0.05, 0) is 24.6 Å². The summed E-state index contributed by atoms with van der Waals surface area (Å²) in [6.45, 7) is 1.95. The highest BCUT2D eigenvalue weighted by Gasteiger charge is 2.14. The normalized spacial score (nSPS) is 10.9. The Labute approximate surface area is 176 Å². The fraction of sp³-hybridized carbons (Fsp3) is 0.0455. The van der Waals surface area contributed by atoms with Gasteiger partial charge in [0.25, 0.3) is 5.91 Å². The van der Waals surface area contributed by atoms with Crippen molar-refractivity contribution in [1.29, 1.82) is 0 Å². The number of aryl methyl sites for hydroxylation is 1. The molecule has 9 heteroatoms. The first-order valence-electron chi connectivity index (χ1n) is 9.52. The number of amides is 1. The Bertz CT molecular complexity index is 1360. The minimum Gasteiger partial charge on any atom is -0.363 e. The van der Waals surface area contributed by atoms with Crippen molar-refractivity contribution in [2.45, 2.75) is 6.92 Å². The Morgan fingerprint density at radius 1 is 1.06 bits per heavy atom. The third-order valence-electron chi connectivity index (χ3n) is 4.80. The Balaban J connectivity index is 1.47. The van der Waals surface area contributed by atoms with Crippen LogP contribution in [0.3, 0.4) is 0 Å². The number of fused-ring (bicyclic) bond motifs is 1. The Morgan fingerprint density at radius 3 is 2.74 bits per heavy atom. The molecule has 3 heterocycles. The van der Waals surface area contributed by atoms with E-state index in [4.69, 9.17) is 4.52 Å². The van der Waals surface area contributed by atoms with E-state index in [1.165, 1.54) is 12.6 Å². The van der Waals surface area contributed by atoms with E-state index in [0.717, 1.165) is 28.2 Å². The molecular formula is C22H17N7O2. The summed E-state index contributed by atoms with van der Waals surface area (Å²) in [4.78, 5) is 21.4. The van der Waals surface area contributed by atoms with E-state index >= 15 is 0 Å². The van der Waals surface area contributed by atoms with Gasteiger partial charge in [0.2, 0.25) is 0 Å². The number of aromatic nitrogens is 5. The van der Waals surface area contributed by atoms with Gasteiger partial charge in [-0.2, -0.15) is 5.10 Å². The van der Waals surface area contributed by atoms with Gasteiger partial charge in [0.1, 0.15) is 18.1 Å². The van der Waals surface area contributed by atoms with Crippen molar-refractivity contribution in [3.8, 4) is 11.4 Å². The van der Waals surface area contributed by atoms with E-state index in [0.29, 0.717) is 17.2 Å². The van der Waals surface area contributed by atoms with Crippen LogP contribution in [0, 0.1) is 6.92 Å². The number of hydrogen-bond donors (Lipinski definition) is 2. The molecular weight excluding hydrogens is 394 g/mol. The lowest BCUT2D eigenvalue weighted by Crippen LogP contribution is -2.12. The first-order valence-corrected chi connectivity index (χ1v) is 9.52. The average molecular weight is 411 g/mol. The molecule has 31 heavy (non-hydrogen) atoms. The SMILES string of the molecule is Cc1ccc(C(=O)Nc2ccon2)cc1Nc1ncnn2c(-c3ccccc3)ncc12. The molecule has 2 aromatic carbocycles. The predicted molar refractivity (Wildman–Crippen MR) is 115 cm³/mol. The molecule has 2 N–H and O–H groups in total. The maximum Gasteiger partial charge on any atom is 0.256 e. The molecule has 0 aliphatic carbocycles. The summed E-state index contributed by atoms with van der Waals surface area (Å²) in [5.41, 5.74) is 3.85. The van der Waals surface area contributed by atoms with Gasteiger partial charge in [-0.3, -0.25) is 4.79 Å². The van der Waals surface area contributed by atoms with Crippen molar-refractivity contribution in [3.05, 3.63) is 84.5 Å². The molecule has 0 saturated heterocycles. The van der Waals surface area contributed by atoms with Crippen molar-refractivity contribution in [2.75, 3.05) is 10.6 Å².